The minimum atomic E-state index is -0.694. The Bertz CT molecular complexity index is 1480. The lowest BCUT2D eigenvalue weighted by atomic mass is 9.79. The largest absolute Gasteiger partial charge is 0.495 e. The number of fused-ring (bicyclic) bond motifs is 2. The van der Waals surface area contributed by atoms with E-state index in [1.54, 1.807) is 43.4 Å². The van der Waals surface area contributed by atoms with Gasteiger partial charge in [0.2, 0.25) is 5.91 Å². The molecular formula is C29H28ClN3O4. The number of para-hydroxylation sites is 1. The molecule has 0 unspecified atom stereocenters. The van der Waals surface area contributed by atoms with E-state index >= 15 is 0 Å². The lowest BCUT2D eigenvalue weighted by Gasteiger charge is -2.41. The van der Waals surface area contributed by atoms with Gasteiger partial charge in [-0.2, -0.15) is 0 Å². The molecule has 0 bridgehead atoms. The summed E-state index contributed by atoms with van der Waals surface area (Å²) >= 11 is 6.24. The fraction of sp³-hybridized carbons (Fsp3) is 0.241. The summed E-state index contributed by atoms with van der Waals surface area (Å²) < 4.78 is 12.9. The molecule has 3 aromatic carbocycles. The average molecular weight is 518 g/mol. The zero-order valence-corrected chi connectivity index (χ0v) is 21.7. The number of aromatic nitrogens is 1. The van der Waals surface area contributed by atoms with Crippen LogP contribution in [0.3, 0.4) is 0 Å². The van der Waals surface area contributed by atoms with Crippen molar-refractivity contribution in [1.29, 1.82) is 0 Å². The van der Waals surface area contributed by atoms with Gasteiger partial charge in [0, 0.05) is 54.0 Å². The number of hydrogen-bond acceptors (Lipinski definition) is 4. The zero-order chi connectivity index (χ0) is 26.1. The summed E-state index contributed by atoms with van der Waals surface area (Å²) in [6, 6.07) is 19.8. The van der Waals surface area contributed by atoms with E-state index in [0.29, 0.717) is 40.7 Å². The lowest BCUT2D eigenvalue weighted by molar-refractivity contribution is -0.119. The maximum absolute atomic E-state index is 14.2. The van der Waals surface area contributed by atoms with Crippen molar-refractivity contribution in [2.75, 3.05) is 32.7 Å². The average Bonchev–Trinajstić information content (AvgIpc) is 3.24. The van der Waals surface area contributed by atoms with Crippen LogP contribution in [0.4, 0.5) is 5.69 Å². The van der Waals surface area contributed by atoms with Crippen LogP contribution in [0.2, 0.25) is 5.02 Å². The Hall–Kier alpha value is -3.81. The number of rotatable bonds is 7. The van der Waals surface area contributed by atoms with Gasteiger partial charge in [-0.15, -0.1) is 0 Å². The van der Waals surface area contributed by atoms with Crippen LogP contribution in [0, 0.1) is 0 Å². The van der Waals surface area contributed by atoms with Crippen LogP contribution in [0.15, 0.2) is 72.9 Å². The number of halogens is 1. The van der Waals surface area contributed by atoms with Crippen molar-refractivity contribution in [3.63, 3.8) is 0 Å². The Labute approximate surface area is 220 Å². The standard InChI is InChI=1S/C29H28ClN3O4/c1-32-17-22(19-8-6-7-11-24(19)32)27-26(28(34)31-23-16-18(30)12-13-25(23)37-3)20-9-4-5-10-21(20)29(35)33(27)14-15-36-2/h4-13,16-17,26-27H,14-15H2,1-3H3,(H,31,34)/t26-,27-/m1/s1. The summed E-state index contributed by atoms with van der Waals surface area (Å²) in [5.74, 6) is -0.591. The fourth-order valence-corrected chi connectivity index (χ4v) is 5.43. The molecule has 5 rings (SSSR count). The molecule has 0 aliphatic carbocycles. The number of methoxy groups -OCH3 is 2. The van der Waals surface area contributed by atoms with Gasteiger partial charge < -0.3 is 24.3 Å². The van der Waals surface area contributed by atoms with Crippen molar-refractivity contribution in [1.82, 2.24) is 9.47 Å². The molecule has 1 aromatic heterocycles. The van der Waals surface area contributed by atoms with E-state index in [1.165, 1.54) is 0 Å². The number of aryl methyl sites for hydroxylation is 1. The molecule has 1 N–H and O–H groups in total. The first-order chi connectivity index (χ1) is 17.9. The van der Waals surface area contributed by atoms with Crippen LogP contribution in [-0.2, 0) is 16.6 Å². The fourth-order valence-electron chi connectivity index (χ4n) is 5.25. The van der Waals surface area contributed by atoms with Crippen LogP contribution in [-0.4, -0.2) is 48.7 Å². The number of benzene rings is 3. The molecule has 37 heavy (non-hydrogen) atoms. The lowest BCUT2D eigenvalue weighted by Crippen LogP contribution is -2.47. The first kappa shape index (κ1) is 24.9. The van der Waals surface area contributed by atoms with Crippen molar-refractivity contribution < 1.29 is 19.1 Å². The summed E-state index contributed by atoms with van der Waals surface area (Å²) in [7, 11) is 5.11. The number of nitrogens with zero attached hydrogens (tertiary/aromatic N) is 2. The van der Waals surface area contributed by atoms with Crippen molar-refractivity contribution in [3.05, 3.63) is 94.6 Å². The van der Waals surface area contributed by atoms with Gasteiger partial charge in [0.1, 0.15) is 5.75 Å². The molecule has 4 aromatic rings. The molecule has 2 heterocycles. The quantitative estimate of drug-likeness (QED) is 0.356. The molecule has 8 heteroatoms. The first-order valence-electron chi connectivity index (χ1n) is 12.0. The third-order valence-corrected chi connectivity index (χ3v) is 7.16. The predicted octanol–water partition coefficient (Wildman–Crippen LogP) is 5.41. The van der Waals surface area contributed by atoms with Crippen molar-refractivity contribution in [2.45, 2.75) is 12.0 Å². The van der Waals surface area contributed by atoms with Gasteiger partial charge >= 0.3 is 0 Å². The van der Waals surface area contributed by atoms with Crippen molar-refractivity contribution in [3.8, 4) is 5.75 Å². The Kier molecular flexibility index (Phi) is 6.91. The Morgan fingerprint density at radius 1 is 1.03 bits per heavy atom. The molecule has 190 valence electrons. The molecular weight excluding hydrogens is 490 g/mol. The third-order valence-electron chi connectivity index (χ3n) is 6.92. The summed E-state index contributed by atoms with van der Waals surface area (Å²) in [6.45, 7) is 0.674. The van der Waals surface area contributed by atoms with Crippen molar-refractivity contribution in [2.24, 2.45) is 7.05 Å². The smallest absolute Gasteiger partial charge is 0.254 e. The molecule has 2 atom stereocenters. The number of carbonyl (C=O) groups is 2. The van der Waals surface area contributed by atoms with Gasteiger partial charge in [0.05, 0.1) is 31.4 Å². The SMILES string of the molecule is COCCN1C(=O)c2ccccc2[C@@H](C(=O)Nc2cc(Cl)ccc2OC)[C@H]1c1cn(C)c2ccccc12. The maximum atomic E-state index is 14.2. The summed E-state index contributed by atoms with van der Waals surface area (Å²) in [6.07, 6.45) is 2.01. The minimum Gasteiger partial charge on any atom is -0.495 e. The van der Waals surface area contributed by atoms with Crippen LogP contribution < -0.4 is 10.1 Å². The molecule has 0 fully saturated rings. The van der Waals surface area contributed by atoms with Crippen molar-refractivity contribution >= 4 is 40.0 Å². The normalized spacial score (nSPS) is 17.1. The Balaban J connectivity index is 1.70. The minimum absolute atomic E-state index is 0.130. The van der Waals surface area contributed by atoms with Gasteiger partial charge in [-0.3, -0.25) is 9.59 Å². The number of anilines is 1. The molecule has 2 amide bonds. The van der Waals surface area contributed by atoms with E-state index in [0.717, 1.165) is 16.5 Å². The van der Waals surface area contributed by atoms with Crippen LogP contribution in [0.1, 0.15) is 33.4 Å². The molecule has 0 spiro atoms. The highest BCUT2D eigenvalue weighted by atomic mass is 35.5. The Morgan fingerprint density at radius 3 is 2.57 bits per heavy atom. The number of nitrogens with one attached hydrogen (secondary N) is 1. The van der Waals surface area contributed by atoms with Crippen LogP contribution in [0.5, 0.6) is 5.75 Å². The highest BCUT2D eigenvalue weighted by Gasteiger charge is 2.45. The number of amides is 2. The number of hydrogen-bond donors (Lipinski definition) is 1. The topological polar surface area (TPSA) is 72.8 Å². The molecule has 7 nitrogen and oxygen atoms in total. The highest BCUT2D eigenvalue weighted by Crippen LogP contribution is 2.46. The van der Waals surface area contributed by atoms with E-state index in [-0.39, 0.29) is 11.8 Å². The van der Waals surface area contributed by atoms with E-state index in [1.807, 2.05) is 60.3 Å². The van der Waals surface area contributed by atoms with E-state index < -0.39 is 12.0 Å². The number of carbonyl (C=O) groups excluding carboxylic acids is 2. The zero-order valence-electron chi connectivity index (χ0n) is 20.9. The van der Waals surface area contributed by atoms with E-state index in [4.69, 9.17) is 21.1 Å². The third kappa shape index (κ3) is 4.45. The summed E-state index contributed by atoms with van der Waals surface area (Å²) in [4.78, 5) is 29.7. The van der Waals surface area contributed by atoms with Gasteiger partial charge in [-0.1, -0.05) is 48.0 Å². The van der Waals surface area contributed by atoms with E-state index in [2.05, 4.69) is 5.32 Å². The molecule has 1 aliphatic rings. The van der Waals surface area contributed by atoms with Crippen LogP contribution >= 0.6 is 11.6 Å². The first-order valence-corrected chi connectivity index (χ1v) is 12.4. The second-order valence-electron chi connectivity index (χ2n) is 9.05. The van der Waals surface area contributed by atoms with Gasteiger partial charge in [0.25, 0.3) is 5.91 Å². The van der Waals surface area contributed by atoms with E-state index in [9.17, 15) is 9.59 Å². The molecule has 0 radical (unpaired) electrons. The van der Waals surface area contributed by atoms with Crippen LogP contribution in [0.25, 0.3) is 10.9 Å². The van der Waals surface area contributed by atoms with Gasteiger partial charge in [-0.05, 0) is 35.9 Å². The monoisotopic (exact) mass is 517 g/mol. The second-order valence-corrected chi connectivity index (χ2v) is 9.48. The number of ether oxygens (including phenoxy) is 2. The maximum Gasteiger partial charge on any atom is 0.254 e. The molecule has 1 aliphatic heterocycles. The predicted molar refractivity (Wildman–Crippen MR) is 144 cm³/mol. The Morgan fingerprint density at radius 2 is 1.78 bits per heavy atom. The molecule has 0 saturated carbocycles. The second kappa shape index (κ2) is 10.3. The van der Waals surface area contributed by atoms with Gasteiger partial charge in [0.15, 0.2) is 0 Å². The molecule has 0 saturated heterocycles. The highest BCUT2D eigenvalue weighted by molar-refractivity contribution is 6.31. The summed E-state index contributed by atoms with van der Waals surface area (Å²) in [5.41, 5.74) is 3.57. The van der Waals surface area contributed by atoms with Gasteiger partial charge in [-0.25, -0.2) is 0 Å². The summed E-state index contributed by atoms with van der Waals surface area (Å²) in [5, 5.41) is 4.50.